The molecule has 0 aliphatic carbocycles. The van der Waals surface area contributed by atoms with E-state index < -0.39 is 6.10 Å². The molecule has 1 amide bonds. The van der Waals surface area contributed by atoms with Crippen LogP contribution in [-0.2, 0) is 20.7 Å². The van der Waals surface area contributed by atoms with Gasteiger partial charge in [0.25, 0.3) is 0 Å². The van der Waals surface area contributed by atoms with Crippen molar-refractivity contribution in [3.8, 4) is 0 Å². The zero-order valence-corrected chi connectivity index (χ0v) is 13.7. The van der Waals surface area contributed by atoms with Gasteiger partial charge in [0.1, 0.15) is 23.9 Å². The van der Waals surface area contributed by atoms with Crippen molar-refractivity contribution < 1.29 is 23.8 Å². The number of carbonyl (C=O) groups excluding carboxylic acids is 1. The zero-order chi connectivity index (χ0) is 16.8. The van der Waals surface area contributed by atoms with Crippen LogP contribution in [0.25, 0.3) is 11.0 Å². The number of benzene rings is 1. The topological polar surface area (TPSA) is 80.9 Å². The summed E-state index contributed by atoms with van der Waals surface area (Å²) in [5, 5.41) is 13.7. The highest BCUT2D eigenvalue weighted by molar-refractivity contribution is 5.90. The van der Waals surface area contributed by atoms with Crippen LogP contribution < -0.4 is 5.32 Å². The van der Waals surface area contributed by atoms with E-state index in [9.17, 15) is 9.90 Å². The molecule has 6 nitrogen and oxygen atoms in total. The first kappa shape index (κ1) is 15.6. The van der Waals surface area contributed by atoms with Gasteiger partial charge in [0.05, 0.1) is 31.9 Å². The van der Waals surface area contributed by atoms with Gasteiger partial charge in [-0.25, -0.2) is 0 Å². The summed E-state index contributed by atoms with van der Waals surface area (Å²) in [5.41, 5.74) is 3.93. The molecule has 4 atom stereocenters. The number of hydrogen-bond acceptors (Lipinski definition) is 5. The minimum Gasteiger partial charge on any atom is -0.464 e. The van der Waals surface area contributed by atoms with E-state index in [0.717, 1.165) is 27.7 Å². The van der Waals surface area contributed by atoms with Gasteiger partial charge in [-0.1, -0.05) is 6.07 Å². The number of rotatable bonds is 3. The van der Waals surface area contributed by atoms with Gasteiger partial charge in [-0.2, -0.15) is 0 Å². The maximum Gasteiger partial charge on any atom is 0.224 e. The third-order valence-electron chi connectivity index (χ3n) is 4.82. The lowest BCUT2D eigenvalue weighted by Crippen LogP contribution is -2.44. The van der Waals surface area contributed by atoms with Crippen LogP contribution >= 0.6 is 0 Å². The van der Waals surface area contributed by atoms with E-state index in [1.54, 1.807) is 6.26 Å². The Bertz CT molecular complexity index is 783. The molecule has 0 bridgehead atoms. The van der Waals surface area contributed by atoms with Gasteiger partial charge in [0.2, 0.25) is 5.91 Å². The Balaban J connectivity index is 1.47. The Kier molecular flexibility index (Phi) is 3.83. The molecule has 128 valence electrons. The first-order chi connectivity index (χ1) is 11.5. The fourth-order valence-corrected chi connectivity index (χ4v) is 3.79. The first-order valence-corrected chi connectivity index (χ1v) is 8.21. The molecule has 2 saturated heterocycles. The van der Waals surface area contributed by atoms with Gasteiger partial charge in [-0.3, -0.25) is 4.79 Å². The SMILES string of the molecule is Cc1cc(C)c2c(CC(=O)N[C@@H]3CO[C@H]4[C@@H]3OC[C@H]4O)coc2c1. The number of aliphatic hydroxyl groups excluding tert-OH is 1. The van der Waals surface area contributed by atoms with Crippen LogP contribution in [0.15, 0.2) is 22.8 Å². The second kappa shape index (κ2) is 5.88. The molecule has 2 aliphatic rings. The van der Waals surface area contributed by atoms with Crippen molar-refractivity contribution in [1.82, 2.24) is 5.32 Å². The summed E-state index contributed by atoms with van der Waals surface area (Å²) in [4.78, 5) is 12.4. The summed E-state index contributed by atoms with van der Waals surface area (Å²) in [5.74, 6) is -0.100. The van der Waals surface area contributed by atoms with Gasteiger partial charge in [0.15, 0.2) is 0 Å². The van der Waals surface area contributed by atoms with Gasteiger partial charge in [-0.15, -0.1) is 0 Å². The van der Waals surface area contributed by atoms with Gasteiger partial charge >= 0.3 is 0 Å². The number of aryl methyl sites for hydroxylation is 2. The standard InChI is InChI=1S/C18H21NO5/c1-9-3-10(2)16-11(6-22-14(16)4-9)5-15(21)19-12-7-23-18-13(20)8-24-17(12)18/h3-4,6,12-13,17-18,20H,5,7-8H2,1-2H3,(H,19,21)/t12-,13-,17-,18-/m1/s1. The fourth-order valence-electron chi connectivity index (χ4n) is 3.79. The highest BCUT2D eigenvalue weighted by Gasteiger charge is 2.47. The summed E-state index contributed by atoms with van der Waals surface area (Å²) in [6.07, 6.45) is 0.679. The van der Waals surface area contributed by atoms with Crippen LogP contribution in [0.4, 0.5) is 0 Å². The Morgan fingerprint density at radius 3 is 2.88 bits per heavy atom. The largest absolute Gasteiger partial charge is 0.464 e. The van der Waals surface area contributed by atoms with Gasteiger partial charge < -0.3 is 24.3 Å². The molecule has 1 aromatic carbocycles. The molecule has 0 radical (unpaired) electrons. The summed E-state index contributed by atoms with van der Waals surface area (Å²) >= 11 is 0. The molecular formula is C18H21NO5. The van der Waals surface area contributed by atoms with Crippen molar-refractivity contribution in [3.05, 3.63) is 35.1 Å². The number of hydrogen-bond donors (Lipinski definition) is 2. The molecule has 0 saturated carbocycles. The Morgan fingerprint density at radius 1 is 1.25 bits per heavy atom. The van der Waals surface area contributed by atoms with Gasteiger partial charge in [-0.05, 0) is 31.0 Å². The summed E-state index contributed by atoms with van der Waals surface area (Å²) in [7, 11) is 0. The number of fused-ring (bicyclic) bond motifs is 2. The first-order valence-electron chi connectivity index (χ1n) is 8.21. The number of ether oxygens (including phenoxy) is 2. The number of furan rings is 1. The molecule has 0 spiro atoms. The zero-order valence-electron chi connectivity index (χ0n) is 13.7. The quantitative estimate of drug-likeness (QED) is 0.884. The number of aliphatic hydroxyl groups is 1. The van der Waals surface area contributed by atoms with Crippen molar-refractivity contribution in [3.63, 3.8) is 0 Å². The third-order valence-corrected chi connectivity index (χ3v) is 4.82. The number of amides is 1. The highest BCUT2D eigenvalue weighted by Crippen LogP contribution is 2.28. The molecule has 0 unspecified atom stereocenters. The third kappa shape index (κ3) is 2.60. The van der Waals surface area contributed by atoms with Crippen LogP contribution in [0.5, 0.6) is 0 Å². The Morgan fingerprint density at radius 2 is 2.04 bits per heavy atom. The molecular weight excluding hydrogens is 310 g/mol. The smallest absolute Gasteiger partial charge is 0.224 e. The maximum absolute atomic E-state index is 12.4. The monoisotopic (exact) mass is 331 g/mol. The van der Waals surface area contributed by atoms with Crippen LogP contribution in [0.2, 0.25) is 0 Å². The molecule has 6 heteroatoms. The van der Waals surface area contributed by atoms with Gasteiger partial charge in [0, 0.05) is 10.9 Å². The summed E-state index contributed by atoms with van der Waals surface area (Å²) in [6, 6.07) is 3.84. The maximum atomic E-state index is 12.4. The molecule has 2 N–H and O–H groups in total. The molecule has 3 heterocycles. The summed E-state index contributed by atoms with van der Waals surface area (Å²) in [6.45, 7) is 4.67. The molecule has 2 aliphatic heterocycles. The fraction of sp³-hybridized carbons (Fsp3) is 0.500. The average Bonchev–Trinajstić information content (AvgIpc) is 3.18. The molecule has 2 aromatic rings. The predicted octanol–water partition coefficient (Wildman–Crippen LogP) is 1.24. The number of nitrogens with one attached hydrogen (secondary N) is 1. The lowest BCUT2D eigenvalue weighted by molar-refractivity contribution is -0.121. The van der Waals surface area contributed by atoms with Crippen LogP contribution in [-0.4, -0.2) is 48.6 Å². The Labute approximate surface area is 139 Å². The van der Waals surface area contributed by atoms with E-state index in [0.29, 0.717) is 6.61 Å². The molecule has 24 heavy (non-hydrogen) atoms. The number of carbonyl (C=O) groups is 1. The van der Waals surface area contributed by atoms with Crippen LogP contribution in [0.1, 0.15) is 16.7 Å². The normalized spacial score (nSPS) is 29.1. The molecule has 1 aromatic heterocycles. The van der Waals surface area contributed by atoms with Crippen LogP contribution in [0.3, 0.4) is 0 Å². The van der Waals surface area contributed by atoms with Crippen molar-refractivity contribution >= 4 is 16.9 Å². The minimum atomic E-state index is -0.611. The van der Waals surface area contributed by atoms with Crippen molar-refractivity contribution in [2.24, 2.45) is 0 Å². The molecule has 2 fully saturated rings. The van der Waals surface area contributed by atoms with E-state index in [4.69, 9.17) is 13.9 Å². The lowest BCUT2D eigenvalue weighted by atomic mass is 10.0. The van der Waals surface area contributed by atoms with E-state index in [1.807, 2.05) is 19.9 Å². The molecule has 4 rings (SSSR count). The summed E-state index contributed by atoms with van der Waals surface area (Å²) < 4.78 is 16.7. The van der Waals surface area contributed by atoms with Crippen molar-refractivity contribution in [1.29, 1.82) is 0 Å². The second-order valence-electron chi connectivity index (χ2n) is 6.73. The van der Waals surface area contributed by atoms with E-state index in [2.05, 4.69) is 11.4 Å². The minimum absolute atomic E-state index is 0.100. The van der Waals surface area contributed by atoms with E-state index >= 15 is 0 Å². The van der Waals surface area contributed by atoms with Crippen molar-refractivity contribution in [2.45, 2.75) is 44.6 Å². The van der Waals surface area contributed by atoms with Crippen molar-refractivity contribution in [2.75, 3.05) is 13.2 Å². The van der Waals surface area contributed by atoms with E-state index in [-0.39, 0.29) is 37.2 Å². The predicted molar refractivity (Wildman–Crippen MR) is 86.8 cm³/mol. The highest BCUT2D eigenvalue weighted by atomic mass is 16.6. The Hall–Kier alpha value is -1.89. The second-order valence-corrected chi connectivity index (χ2v) is 6.73. The van der Waals surface area contributed by atoms with Crippen LogP contribution in [0, 0.1) is 13.8 Å². The average molecular weight is 331 g/mol. The lowest BCUT2D eigenvalue weighted by Gasteiger charge is -2.17. The van der Waals surface area contributed by atoms with E-state index in [1.165, 1.54) is 0 Å².